The van der Waals surface area contributed by atoms with Crippen molar-refractivity contribution in [2.75, 3.05) is 6.61 Å². The molecule has 0 radical (unpaired) electrons. The number of nitrogens with zero attached hydrogens (tertiary/aromatic N) is 2. The Bertz CT molecular complexity index is 631. The molecule has 5 nitrogen and oxygen atoms in total. The zero-order valence-electron chi connectivity index (χ0n) is 12.0. The van der Waals surface area contributed by atoms with Gasteiger partial charge in [0.2, 0.25) is 0 Å². The molecule has 0 fully saturated rings. The second-order valence-corrected chi connectivity index (χ2v) is 5.50. The molecule has 2 rings (SSSR count). The minimum Gasteiger partial charge on any atom is -0.478 e. The molecule has 0 saturated heterocycles. The van der Waals surface area contributed by atoms with Crippen molar-refractivity contribution in [2.45, 2.75) is 33.2 Å². The van der Waals surface area contributed by atoms with Gasteiger partial charge in [0, 0.05) is 19.1 Å². The number of imidazole rings is 1. The fourth-order valence-electron chi connectivity index (χ4n) is 2.37. The maximum absolute atomic E-state index is 11.4. The van der Waals surface area contributed by atoms with Crippen LogP contribution < -0.4 is 0 Å². The third-order valence-electron chi connectivity index (χ3n) is 3.35. The number of hydrogen-bond donors (Lipinski definition) is 2. The van der Waals surface area contributed by atoms with Gasteiger partial charge in [0.05, 0.1) is 16.6 Å². The molecule has 1 heterocycles. The van der Waals surface area contributed by atoms with Gasteiger partial charge in [-0.05, 0) is 18.1 Å². The summed E-state index contributed by atoms with van der Waals surface area (Å²) in [7, 11) is 0. The molecule has 0 bridgehead atoms. The number of benzene rings is 1. The smallest absolute Gasteiger partial charge is 0.337 e. The zero-order valence-corrected chi connectivity index (χ0v) is 12.0. The molecule has 0 aliphatic carbocycles. The van der Waals surface area contributed by atoms with Gasteiger partial charge < -0.3 is 14.8 Å². The summed E-state index contributed by atoms with van der Waals surface area (Å²) in [5.74, 6) is 0.138. The summed E-state index contributed by atoms with van der Waals surface area (Å²) in [6.07, 6.45) is 0. The summed E-state index contributed by atoms with van der Waals surface area (Å²) in [5.41, 5.74) is 1.59. The summed E-state index contributed by atoms with van der Waals surface area (Å²) < 4.78 is 1.93. The highest BCUT2D eigenvalue weighted by Crippen LogP contribution is 2.26. The number of para-hydroxylation sites is 1. The molecule has 1 unspecified atom stereocenters. The van der Waals surface area contributed by atoms with Crippen molar-refractivity contribution in [3.8, 4) is 0 Å². The van der Waals surface area contributed by atoms with Crippen LogP contribution in [0.1, 0.15) is 42.9 Å². The Morgan fingerprint density at radius 1 is 1.35 bits per heavy atom. The Morgan fingerprint density at radius 3 is 2.60 bits per heavy atom. The molecule has 0 aliphatic heterocycles. The first-order chi connectivity index (χ1) is 9.45. The minimum absolute atomic E-state index is 0.0479. The number of carbonyl (C=O) groups is 1. The van der Waals surface area contributed by atoms with E-state index in [2.05, 4.69) is 4.98 Å². The monoisotopic (exact) mass is 276 g/mol. The lowest BCUT2D eigenvalue weighted by Gasteiger charge is -2.15. The second-order valence-electron chi connectivity index (χ2n) is 5.50. The van der Waals surface area contributed by atoms with Gasteiger partial charge in [0.15, 0.2) is 0 Å². The largest absolute Gasteiger partial charge is 0.478 e. The topological polar surface area (TPSA) is 75.3 Å². The Labute approximate surface area is 117 Å². The quantitative estimate of drug-likeness (QED) is 0.879. The molecule has 1 atom stereocenters. The van der Waals surface area contributed by atoms with Crippen molar-refractivity contribution in [3.05, 3.63) is 29.6 Å². The van der Waals surface area contributed by atoms with Crippen LogP contribution in [0.5, 0.6) is 0 Å². The van der Waals surface area contributed by atoms with E-state index in [0.717, 1.165) is 5.82 Å². The summed E-state index contributed by atoms with van der Waals surface area (Å²) in [4.78, 5) is 16.0. The zero-order chi connectivity index (χ0) is 14.9. The fourth-order valence-corrected chi connectivity index (χ4v) is 2.37. The number of aromatic carboxylic acids is 1. The molecule has 2 aromatic rings. The lowest BCUT2D eigenvalue weighted by molar-refractivity contribution is 0.0698. The minimum atomic E-state index is -0.955. The predicted octanol–water partition coefficient (Wildman–Crippen LogP) is 2.49. The molecule has 0 amide bonds. The van der Waals surface area contributed by atoms with Crippen LogP contribution in [0.25, 0.3) is 11.0 Å². The number of rotatable bonds is 5. The number of aromatic nitrogens is 2. The van der Waals surface area contributed by atoms with E-state index in [1.165, 1.54) is 0 Å². The van der Waals surface area contributed by atoms with E-state index in [9.17, 15) is 15.0 Å². The lowest BCUT2D eigenvalue weighted by atomic mass is 10.1. The SMILES string of the molecule is CC(CO)Cn1c(C(C)C)nc2cccc(C(=O)O)c21. The summed E-state index contributed by atoms with van der Waals surface area (Å²) >= 11 is 0. The normalized spacial score (nSPS) is 13.1. The van der Waals surface area contributed by atoms with E-state index in [1.54, 1.807) is 12.1 Å². The van der Waals surface area contributed by atoms with Gasteiger partial charge in [0.25, 0.3) is 0 Å². The van der Waals surface area contributed by atoms with E-state index in [4.69, 9.17) is 0 Å². The van der Waals surface area contributed by atoms with Gasteiger partial charge in [-0.2, -0.15) is 0 Å². The number of carboxylic acid groups (broad SMARTS) is 1. The Morgan fingerprint density at radius 2 is 2.05 bits per heavy atom. The maximum atomic E-state index is 11.4. The molecule has 0 saturated carbocycles. The highest BCUT2D eigenvalue weighted by molar-refractivity contribution is 6.01. The molecular weight excluding hydrogens is 256 g/mol. The van der Waals surface area contributed by atoms with Crippen LogP contribution in [0.2, 0.25) is 0 Å². The first-order valence-electron chi connectivity index (χ1n) is 6.79. The van der Waals surface area contributed by atoms with Gasteiger partial charge in [-0.25, -0.2) is 9.78 Å². The molecule has 108 valence electrons. The number of aliphatic hydroxyl groups excluding tert-OH is 1. The molecule has 5 heteroatoms. The molecule has 20 heavy (non-hydrogen) atoms. The van der Waals surface area contributed by atoms with E-state index < -0.39 is 5.97 Å². The number of carboxylic acids is 1. The van der Waals surface area contributed by atoms with Crippen molar-refractivity contribution in [1.29, 1.82) is 0 Å². The summed E-state index contributed by atoms with van der Waals surface area (Å²) in [5, 5.41) is 18.6. The van der Waals surface area contributed by atoms with Gasteiger partial charge in [-0.1, -0.05) is 26.8 Å². The van der Waals surface area contributed by atoms with Gasteiger partial charge in [-0.15, -0.1) is 0 Å². The van der Waals surface area contributed by atoms with Crippen LogP contribution in [0.3, 0.4) is 0 Å². The van der Waals surface area contributed by atoms with Crippen molar-refractivity contribution in [2.24, 2.45) is 5.92 Å². The van der Waals surface area contributed by atoms with Gasteiger partial charge in [0.1, 0.15) is 5.82 Å². The van der Waals surface area contributed by atoms with Crippen molar-refractivity contribution < 1.29 is 15.0 Å². The average Bonchev–Trinajstić information content (AvgIpc) is 2.77. The molecule has 2 N–H and O–H groups in total. The van der Waals surface area contributed by atoms with Crippen LogP contribution in [-0.2, 0) is 6.54 Å². The Hall–Kier alpha value is -1.88. The van der Waals surface area contributed by atoms with E-state index >= 15 is 0 Å². The van der Waals surface area contributed by atoms with Gasteiger partial charge in [-0.3, -0.25) is 0 Å². The number of hydrogen-bond acceptors (Lipinski definition) is 3. The van der Waals surface area contributed by atoms with Crippen LogP contribution in [0.15, 0.2) is 18.2 Å². The fraction of sp³-hybridized carbons (Fsp3) is 0.467. The van der Waals surface area contributed by atoms with Crippen LogP contribution in [0, 0.1) is 5.92 Å². The first-order valence-corrected chi connectivity index (χ1v) is 6.79. The third kappa shape index (κ3) is 2.54. The van der Waals surface area contributed by atoms with Crippen molar-refractivity contribution in [1.82, 2.24) is 9.55 Å². The Kier molecular flexibility index (Phi) is 4.09. The number of aliphatic hydroxyl groups is 1. The van der Waals surface area contributed by atoms with Crippen molar-refractivity contribution >= 4 is 17.0 Å². The van der Waals surface area contributed by atoms with E-state index in [0.29, 0.717) is 17.6 Å². The lowest BCUT2D eigenvalue weighted by Crippen LogP contribution is -2.15. The van der Waals surface area contributed by atoms with Crippen LogP contribution in [-0.4, -0.2) is 32.3 Å². The maximum Gasteiger partial charge on any atom is 0.337 e. The van der Waals surface area contributed by atoms with Crippen molar-refractivity contribution in [3.63, 3.8) is 0 Å². The highest BCUT2D eigenvalue weighted by atomic mass is 16.4. The van der Waals surface area contributed by atoms with Crippen LogP contribution >= 0.6 is 0 Å². The average molecular weight is 276 g/mol. The van der Waals surface area contributed by atoms with E-state index in [1.807, 2.05) is 31.4 Å². The van der Waals surface area contributed by atoms with Crippen LogP contribution in [0.4, 0.5) is 0 Å². The van der Waals surface area contributed by atoms with E-state index in [-0.39, 0.29) is 24.0 Å². The summed E-state index contributed by atoms with van der Waals surface area (Å²) in [6, 6.07) is 5.13. The molecule has 0 spiro atoms. The molecule has 1 aromatic carbocycles. The molecule has 1 aromatic heterocycles. The Balaban J connectivity index is 2.71. The standard InChI is InChI=1S/C15H20N2O3/c1-9(2)14-16-12-6-4-5-11(15(19)20)13(12)17(14)7-10(3)8-18/h4-6,9-10,18H,7-8H2,1-3H3,(H,19,20). The third-order valence-corrected chi connectivity index (χ3v) is 3.35. The highest BCUT2D eigenvalue weighted by Gasteiger charge is 2.20. The number of fused-ring (bicyclic) bond motifs is 1. The predicted molar refractivity (Wildman–Crippen MR) is 77.0 cm³/mol. The molecular formula is C15H20N2O3. The summed E-state index contributed by atoms with van der Waals surface area (Å²) in [6.45, 7) is 6.61. The van der Waals surface area contributed by atoms with Gasteiger partial charge >= 0.3 is 5.97 Å². The molecule has 0 aliphatic rings. The second kappa shape index (κ2) is 5.63. The first kappa shape index (κ1) is 14.5.